The van der Waals surface area contributed by atoms with E-state index in [1.54, 1.807) is 11.3 Å². The molecular formula is C15H22N4S. The topological polar surface area (TPSA) is 41.1 Å². The van der Waals surface area contributed by atoms with Gasteiger partial charge in [-0.05, 0) is 31.2 Å². The van der Waals surface area contributed by atoms with Crippen LogP contribution in [0.5, 0.6) is 0 Å². The van der Waals surface area contributed by atoms with E-state index in [0.29, 0.717) is 5.41 Å². The van der Waals surface area contributed by atoms with Crippen LogP contribution in [-0.4, -0.2) is 30.1 Å². The van der Waals surface area contributed by atoms with E-state index in [-0.39, 0.29) is 0 Å². The van der Waals surface area contributed by atoms with Crippen molar-refractivity contribution >= 4 is 33.3 Å². The molecule has 2 aromatic heterocycles. The van der Waals surface area contributed by atoms with E-state index in [1.807, 2.05) is 7.05 Å². The van der Waals surface area contributed by atoms with Gasteiger partial charge in [0, 0.05) is 25.0 Å². The second-order valence-electron chi connectivity index (χ2n) is 6.35. The minimum absolute atomic E-state index is 0.457. The maximum Gasteiger partial charge on any atom is 0.225 e. The van der Waals surface area contributed by atoms with Crippen LogP contribution in [0, 0.1) is 12.3 Å². The van der Waals surface area contributed by atoms with Crippen molar-refractivity contribution in [1.82, 2.24) is 9.97 Å². The molecule has 108 valence electrons. The molecule has 0 bridgehead atoms. The van der Waals surface area contributed by atoms with E-state index >= 15 is 0 Å². The van der Waals surface area contributed by atoms with Crippen LogP contribution in [0.25, 0.3) is 10.2 Å². The highest BCUT2D eigenvalue weighted by Gasteiger charge is 2.27. The molecule has 0 radical (unpaired) electrons. The van der Waals surface area contributed by atoms with Gasteiger partial charge in [-0.15, -0.1) is 11.3 Å². The van der Waals surface area contributed by atoms with Crippen LogP contribution in [0.1, 0.15) is 31.6 Å². The van der Waals surface area contributed by atoms with Gasteiger partial charge in [-0.3, -0.25) is 0 Å². The Morgan fingerprint density at radius 2 is 1.95 bits per heavy atom. The van der Waals surface area contributed by atoms with Crippen LogP contribution in [0.2, 0.25) is 0 Å². The van der Waals surface area contributed by atoms with Crippen molar-refractivity contribution in [3.05, 3.63) is 10.9 Å². The molecule has 1 N–H and O–H groups in total. The van der Waals surface area contributed by atoms with Gasteiger partial charge < -0.3 is 10.2 Å². The lowest BCUT2D eigenvalue weighted by atomic mass is 9.82. The summed E-state index contributed by atoms with van der Waals surface area (Å²) in [6.07, 6.45) is 2.44. The first-order chi connectivity index (χ1) is 9.48. The van der Waals surface area contributed by atoms with E-state index in [1.165, 1.54) is 23.1 Å². The normalized spacial score (nSPS) is 18.5. The molecule has 20 heavy (non-hydrogen) atoms. The van der Waals surface area contributed by atoms with Crippen LogP contribution in [0.3, 0.4) is 0 Å². The SMILES string of the molecule is CNc1nc(N2CCC(C)(C)CC2)c2cc(C)sc2n1. The zero-order chi connectivity index (χ0) is 14.3. The maximum atomic E-state index is 4.71. The van der Waals surface area contributed by atoms with Gasteiger partial charge in [0.15, 0.2) is 0 Å². The largest absolute Gasteiger partial charge is 0.357 e. The number of hydrogen-bond acceptors (Lipinski definition) is 5. The Labute approximate surface area is 124 Å². The van der Waals surface area contributed by atoms with Gasteiger partial charge in [-0.2, -0.15) is 4.98 Å². The summed E-state index contributed by atoms with van der Waals surface area (Å²) in [4.78, 5) is 14.1. The summed E-state index contributed by atoms with van der Waals surface area (Å²) >= 11 is 1.74. The van der Waals surface area contributed by atoms with Crippen molar-refractivity contribution in [2.24, 2.45) is 5.41 Å². The van der Waals surface area contributed by atoms with Crippen LogP contribution < -0.4 is 10.2 Å². The highest BCUT2D eigenvalue weighted by molar-refractivity contribution is 7.18. The Hall–Kier alpha value is -1.36. The van der Waals surface area contributed by atoms with Crippen molar-refractivity contribution in [2.75, 3.05) is 30.4 Å². The second-order valence-corrected chi connectivity index (χ2v) is 7.58. The minimum Gasteiger partial charge on any atom is -0.357 e. The number of fused-ring (bicyclic) bond motifs is 1. The van der Waals surface area contributed by atoms with E-state index in [0.717, 1.165) is 29.7 Å². The van der Waals surface area contributed by atoms with Gasteiger partial charge in [0.2, 0.25) is 5.95 Å². The first kappa shape index (κ1) is 13.6. The molecule has 0 saturated carbocycles. The van der Waals surface area contributed by atoms with Gasteiger partial charge >= 0.3 is 0 Å². The molecule has 5 heteroatoms. The van der Waals surface area contributed by atoms with Gasteiger partial charge in [0.25, 0.3) is 0 Å². The molecule has 2 aromatic rings. The summed E-state index contributed by atoms with van der Waals surface area (Å²) < 4.78 is 0. The Morgan fingerprint density at radius 3 is 2.60 bits per heavy atom. The third kappa shape index (κ3) is 2.46. The predicted molar refractivity (Wildman–Crippen MR) is 86.9 cm³/mol. The Kier molecular flexibility index (Phi) is 3.32. The number of rotatable bonds is 2. The zero-order valence-electron chi connectivity index (χ0n) is 12.7. The standard InChI is InChI=1S/C15H22N4S/c1-10-9-11-12(17-14(16-4)18-13(11)20-10)19-7-5-15(2,3)6-8-19/h9H,5-8H2,1-4H3,(H,16,17,18). The van der Waals surface area contributed by atoms with Crippen LogP contribution in [-0.2, 0) is 0 Å². The number of aromatic nitrogens is 2. The average Bonchev–Trinajstić information content (AvgIpc) is 2.78. The first-order valence-corrected chi connectivity index (χ1v) is 8.01. The molecule has 0 amide bonds. The first-order valence-electron chi connectivity index (χ1n) is 7.19. The second kappa shape index (κ2) is 4.88. The number of nitrogens with one attached hydrogen (secondary N) is 1. The van der Waals surface area contributed by atoms with Gasteiger partial charge in [0.1, 0.15) is 10.6 Å². The monoisotopic (exact) mass is 290 g/mol. The Morgan fingerprint density at radius 1 is 1.25 bits per heavy atom. The summed E-state index contributed by atoms with van der Waals surface area (Å²) in [6, 6.07) is 2.22. The van der Waals surface area contributed by atoms with E-state index in [2.05, 4.69) is 42.0 Å². The zero-order valence-corrected chi connectivity index (χ0v) is 13.5. The molecule has 0 aliphatic carbocycles. The molecule has 3 rings (SSSR count). The number of piperidine rings is 1. The number of nitrogens with zero attached hydrogens (tertiary/aromatic N) is 3. The summed E-state index contributed by atoms with van der Waals surface area (Å²) in [6.45, 7) is 9.00. The van der Waals surface area contributed by atoms with Gasteiger partial charge in [-0.1, -0.05) is 13.8 Å². The number of hydrogen-bond donors (Lipinski definition) is 1. The fraction of sp³-hybridized carbons (Fsp3) is 0.600. The average molecular weight is 290 g/mol. The van der Waals surface area contributed by atoms with Crippen molar-refractivity contribution in [2.45, 2.75) is 33.6 Å². The summed E-state index contributed by atoms with van der Waals surface area (Å²) in [5.74, 6) is 1.82. The minimum atomic E-state index is 0.457. The smallest absolute Gasteiger partial charge is 0.225 e. The van der Waals surface area contributed by atoms with Crippen molar-refractivity contribution in [1.29, 1.82) is 0 Å². The Balaban J connectivity index is 2.01. The molecule has 1 aliphatic heterocycles. The molecule has 0 aromatic carbocycles. The molecular weight excluding hydrogens is 268 g/mol. The Bertz CT molecular complexity index is 622. The fourth-order valence-electron chi connectivity index (χ4n) is 2.70. The summed E-state index contributed by atoms with van der Waals surface area (Å²) in [7, 11) is 1.88. The van der Waals surface area contributed by atoms with Crippen LogP contribution in [0.15, 0.2) is 6.07 Å². The number of anilines is 2. The quantitative estimate of drug-likeness (QED) is 0.916. The lowest BCUT2D eigenvalue weighted by molar-refractivity contribution is 0.279. The van der Waals surface area contributed by atoms with Crippen molar-refractivity contribution in [3.8, 4) is 0 Å². The third-order valence-electron chi connectivity index (χ3n) is 4.14. The predicted octanol–water partition coefficient (Wildman–Crippen LogP) is 3.67. The van der Waals surface area contributed by atoms with Crippen LogP contribution in [0.4, 0.5) is 11.8 Å². The lowest BCUT2D eigenvalue weighted by Crippen LogP contribution is -2.37. The highest BCUT2D eigenvalue weighted by Crippen LogP contribution is 2.36. The molecule has 0 spiro atoms. The summed E-state index contributed by atoms with van der Waals surface area (Å²) in [5, 5.41) is 4.28. The van der Waals surface area contributed by atoms with E-state index in [9.17, 15) is 0 Å². The molecule has 1 saturated heterocycles. The van der Waals surface area contributed by atoms with E-state index in [4.69, 9.17) is 4.98 Å². The lowest BCUT2D eigenvalue weighted by Gasteiger charge is -2.37. The maximum absolute atomic E-state index is 4.71. The molecule has 3 heterocycles. The molecule has 0 unspecified atom stereocenters. The molecule has 4 nitrogen and oxygen atoms in total. The highest BCUT2D eigenvalue weighted by atomic mass is 32.1. The van der Waals surface area contributed by atoms with E-state index < -0.39 is 0 Å². The van der Waals surface area contributed by atoms with Crippen molar-refractivity contribution < 1.29 is 0 Å². The summed E-state index contributed by atoms with van der Waals surface area (Å²) in [5.41, 5.74) is 0.457. The van der Waals surface area contributed by atoms with Crippen molar-refractivity contribution in [3.63, 3.8) is 0 Å². The third-order valence-corrected chi connectivity index (χ3v) is 5.08. The van der Waals surface area contributed by atoms with Gasteiger partial charge in [-0.25, -0.2) is 4.98 Å². The van der Waals surface area contributed by atoms with Gasteiger partial charge in [0.05, 0.1) is 5.39 Å². The number of thiophene rings is 1. The molecule has 0 atom stereocenters. The van der Waals surface area contributed by atoms with Crippen LogP contribution >= 0.6 is 11.3 Å². The molecule has 1 fully saturated rings. The fourth-order valence-corrected chi connectivity index (χ4v) is 3.58. The number of aryl methyl sites for hydroxylation is 1. The molecule has 1 aliphatic rings.